The zero-order valence-electron chi connectivity index (χ0n) is 14.8. The number of nitrogens with one attached hydrogen (secondary N) is 1. The van der Waals surface area contributed by atoms with Crippen LogP contribution < -0.4 is 5.32 Å². The van der Waals surface area contributed by atoms with Gasteiger partial charge in [-0.3, -0.25) is 9.89 Å². The van der Waals surface area contributed by atoms with E-state index in [0.29, 0.717) is 43.6 Å². The van der Waals surface area contributed by atoms with Gasteiger partial charge in [-0.25, -0.2) is 0 Å². The van der Waals surface area contributed by atoms with E-state index >= 15 is 0 Å². The third-order valence-corrected chi connectivity index (χ3v) is 4.36. The summed E-state index contributed by atoms with van der Waals surface area (Å²) in [6, 6.07) is 1.86. The number of hydrogen-bond donors (Lipinski definition) is 1. The molecule has 0 aliphatic carbocycles. The molecule has 1 aliphatic rings. The van der Waals surface area contributed by atoms with E-state index in [0.717, 1.165) is 5.69 Å². The maximum Gasteiger partial charge on any atom is 0.401 e. The molecule has 5 nitrogen and oxygen atoms in total. The van der Waals surface area contributed by atoms with Gasteiger partial charge in [-0.05, 0) is 19.4 Å². The van der Waals surface area contributed by atoms with Gasteiger partial charge in [0.2, 0.25) is 0 Å². The number of rotatable bonds is 5. The van der Waals surface area contributed by atoms with Crippen molar-refractivity contribution in [2.45, 2.75) is 32.1 Å². The molecule has 1 unspecified atom stereocenters. The summed E-state index contributed by atoms with van der Waals surface area (Å²) in [7, 11) is 3.83. The molecule has 1 aromatic rings. The maximum absolute atomic E-state index is 12.5. The fourth-order valence-corrected chi connectivity index (χ4v) is 3.27. The molecule has 0 aromatic carbocycles. The summed E-state index contributed by atoms with van der Waals surface area (Å²) in [5.74, 6) is 0.693. The number of aliphatic imine (C=N–C) groups is 1. The topological polar surface area (TPSA) is 35.8 Å². The van der Waals surface area contributed by atoms with Crippen LogP contribution in [0.15, 0.2) is 17.3 Å². The molecule has 9 heteroatoms. The highest BCUT2D eigenvalue weighted by molar-refractivity contribution is 6.30. The summed E-state index contributed by atoms with van der Waals surface area (Å²) >= 11 is 6.01. The number of aryl methyl sites for hydroxylation is 1. The zero-order chi connectivity index (χ0) is 18.6. The Bertz CT molecular complexity index is 599. The predicted molar refractivity (Wildman–Crippen MR) is 93.9 cm³/mol. The van der Waals surface area contributed by atoms with Crippen LogP contribution in [0.25, 0.3) is 0 Å². The SMILES string of the molecule is CCN=C(NC1CCN(CC(F)(F)F)C1)N(C)Cc1cc(Cl)cn1C. The van der Waals surface area contributed by atoms with Gasteiger partial charge in [0.15, 0.2) is 5.96 Å². The van der Waals surface area contributed by atoms with E-state index in [9.17, 15) is 13.2 Å². The molecule has 142 valence electrons. The highest BCUT2D eigenvalue weighted by atomic mass is 35.5. The molecule has 0 radical (unpaired) electrons. The van der Waals surface area contributed by atoms with Crippen molar-refractivity contribution in [2.75, 3.05) is 33.2 Å². The predicted octanol–water partition coefficient (Wildman–Crippen LogP) is 2.71. The Morgan fingerprint density at radius 2 is 2.20 bits per heavy atom. The molecule has 0 amide bonds. The van der Waals surface area contributed by atoms with Crippen molar-refractivity contribution in [3.8, 4) is 0 Å². The normalized spacial score (nSPS) is 19.5. The van der Waals surface area contributed by atoms with Crippen molar-refractivity contribution in [1.82, 2.24) is 19.7 Å². The number of halogens is 4. The Kier molecular flexibility index (Phi) is 6.62. The molecule has 2 rings (SSSR count). The van der Waals surface area contributed by atoms with Crippen molar-refractivity contribution in [2.24, 2.45) is 12.0 Å². The van der Waals surface area contributed by atoms with Gasteiger partial charge in [-0.1, -0.05) is 11.6 Å². The van der Waals surface area contributed by atoms with Crippen LogP contribution in [-0.2, 0) is 13.6 Å². The van der Waals surface area contributed by atoms with Crippen molar-refractivity contribution < 1.29 is 13.2 Å². The lowest BCUT2D eigenvalue weighted by Gasteiger charge is -2.26. The molecule has 1 saturated heterocycles. The second kappa shape index (κ2) is 8.31. The van der Waals surface area contributed by atoms with Gasteiger partial charge in [0.05, 0.1) is 18.1 Å². The van der Waals surface area contributed by atoms with E-state index < -0.39 is 12.7 Å². The molecule has 1 aromatic heterocycles. The van der Waals surface area contributed by atoms with Crippen LogP contribution in [0.3, 0.4) is 0 Å². The first-order valence-corrected chi connectivity index (χ1v) is 8.67. The lowest BCUT2D eigenvalue weighted by atomic mass is 10.2. The minimum Gasteiger partial charge on any atom is -0.352 e. The van der Waals surface area contributed by atoms with Crippen LogP contribution >= 0.6 is 11.6 Å². The van der Waals surface area contributed by atoms with E-state index in [1.54, 1.807) is 0 Å². The lowest BCUT2D eigenvalue weighted by Crippen LogP contribution is -2.46. The van der Waals surface area contributed by atoms with Crippen LogP contribution in [0.5, 0.6) is 0 Å². The highest BCUT2D eigenvalue weighted by Crippen LogP contribution is 2.20. The summed E-state index contributed by atoms with van der Waals surface area (Å²) in [6.45, 7) is 3.08. The van der Waals surface area contributed by atoms with Crippen molar-refractivity contribution >= 4 is 17.6 Å². The minimum absolute atomic E-state index is 0.0351. The Morgan fingerprint density at radius 1 is 1.48 bits per heavy atom. The van der Waals surface area contributed by atoms with Crippen LogP contribution in [0.2, 0.25) is 5.02 Å². The second-order valence-corrected chi connectivity index (χ2v) is 6.83. The van der Waals surface area contributed by atoms with Crippen molar-refractivity contribution in [3.05, 3.63) is 23.0 Å². The van der Waals surface area contributed by atoms with Crippen LogP contribution in [0.4, 0.5) is 13.2 Å². The summed E-state index contributed by atoms with van der Waals surface area (Å²) in [4.78, 5) is 7.86. The van der Waals surface area contributed by atoms with Gasteiger partial charge in [0, 0.05) is 51.7 Å². The minimum atomic E-state index is -4.15. The second-order valence-electron chi connectivity index (χ2n) is 6.39. The standard InChI is InChI=1S/C16H25ClF3N5/c1-4-21-15(24(3)10-14-7-12(17)8-23(14)2)22-13-5-6-25(9-13)11-16(18,19)20/h7-8,13H,4-6,9-11H2,1-3H3,(H,21,22). The first-order valence-electron chi connectivity index (χ1n) is 8.30. The third kappa shape index (κ3) is 6.11. The monoisotopic (exact) mass is 379 g/mol. The molecular weight excluding hydrogens is 355 g/mol. The summed E-state index contributed by atoms with van der Waals surface area (Å²) < 4.78 is 39.5. The number of likely N-dealkylation sites (tertiary alicyclic amines) is 1. The van der Waals surface area contributed by atoms with Gasteiger partial charge in [-0.15, -0.1) is 0 Å². The Morgan fingerprint density at radius 3 is 2.76 bits per heavy atom. The molecule has 1 atom stereocenters. The van der Waals surface area contributed by atoms with E-state index in [1.165, 1.54) is 4.90 Å². The number of nitrogens with zero attached hydrogens (tertiary/aromatic N) is 4. The fraction of sp³-hybridized carbons (Fsp3) is 0.688. The van der Waals surface area contributed by atoms with Crippen molar-refractivity contribution in [1.29, 1.82) is 0 Å². The molecule has 0 saturated carbocycles. The fourth-order valence-electron chi connectivity index (χ4n) is 3.00. The van der Waals surface area contributed by atoms with E-state index in [1.807, 2.05) is 42.7 Å². The largest absolute Gasteiger partial charge is 0.401 e. The van der Waals surface area contributed by atoms with Crippen LogP contribution in [0.1, 0.15) is 19.0 Å². The molecule has 1 aliphatic heterocycles. The third-order valence-electron chi connectivity index (χ3n) is 4.15. The van der Waals surface area contributed by atoms with Gasteiger partial charge in [0.1, 0.15) is 0 Å². The van der Waals surface area contributed by atoms with Gasteiger partial charge >= 0.3 is 6.18 Å². The summed E-state index contributed by atoms with van der Waals surface area (Å²) in [5.41, 5.74) is 1.03. The Balaban J connectivity index is 1.95. The molecular formula is C16H25ClF3N5. The quantitative estimate of drug-likeness (QED) is 0.631. The van der Waals surface area contributed by atoms with E-state index in [-0.39, 0.29) is 6.04 Å². The summed E-state index contributed by atoms with van der Waals surface area (Å²) in [6.07, 6.45) is -1.65. The van der Waals surface area contributed by atoms with Crippen LogP contribution in [0, 0.1) is 0 Å². The smallest absolute Gasteiger partial charge is 0.352 e. The van der Waals surface area contributed by atoms with Gasteiger partial charge < -0.3 is 14.8 Å². The maximum atomic E-state index is 12.5. The number of alkyl halides is 3. The zero-order valence-corrected chi connectivity index (χ0v) is 15.5. The molecule has 1 N–H and O–H groups in total. The van der Waals surface area contributed by atoms with Gasteiger partial charge in [0.25, 0.3) is 0 Å². The van der Waals surface area contributed by atoms with Crippen LogP contribution in [-0.4, -0.2) is 65.8 Å². The highest BCUT2D eigenvalue weighted by Gasteiger charge is 2.34. The van der Waals surface area contributed by atoms with E-state index in [4.69, 9.17) is 11.6 Å². The van der Waals surface area contributed by atoms with Gasteiger partial charge in [-0.2, -0.15) is 13.2 Å². The molecule has 25 heavy (non-hydrogen) atoms. The Labute approximate surface area is 151 Å². The molecule has 0 bridgehead atoms. The number of aromatic nitrogens is 1. The molecule has 1 fully saturated rings. The average Bonchev–Trinajstić information content (AvgIpc) is 3.03. The number of hydrogen-bond acceptors (Lipinski definition) is 2. The summed E-state index contributed by atoms with van der Waals surface area (Å²) in [5, 5.41) is 3.98. The molecule has 0 spiro atoms. The van der Waals surface area contributed by atoms with E-state index in [2.05, 4.69) is 10.3 Å². The van der Waals surface area contributed by atoms with Crippen molar-refractivity contribution in [3.63, 3.8) is 0 Å². The first-order chi connectivity index (χ1) is 11.7. The molecule has 2 heterocycles. The average molecular weight is 380 g/mol. The lowest BCUT2D eigenvalue weighted by molar-refractivity contribution is -0.143. The Hall–Kier alpha value is -1.41. The number of guanidine groups is 1. The first kappa shape index (κ1) is 19.9.